The molecular formula is C35H55N3O4. The molecule has 0 aromatic carbocycles. The highest BCUT2D eigenvalue weighted by atomic mass is 16.5. The number of hydrogen-bond acceptors (Lipinski definition) is 4. The smallest absolute Gasteiger partial charge is 0.253 e. The fraction of sp³-hybridized carbons (Fsp3) is 0.714. The SMILES string of the molecule is CC/C(=C\C(=C1/CC2(CCO1)CC2)C(C)(C)C)c1cc(C(=O)NCC(C)(C)NC(=O)CO)c(C)n1CC1CCCCC1. The van der Waals surface area contributed by atoms with Crippen LogP contribution in [0.2, 0.25) is 0 Å². The molecule has 2 saturated carbocycles. The van der Waals surface area contributed by atoms with Crippen molar-refractivity contribution >= 4 is 17.4 Å². The van der Waals surface area contributed by atoms with Crippen LogP contribution in [0.3, 0.4) is 0 Å². The monoisotopic (exact) mass is 581 g/mol. The second-order valence-electron chi connectivity index (χ2n) is 14.8. The van der Waals surface area contributed by atoms with Crippen molar-refractivity contribution in [3.63, 3.8) is 0 Å². The molecule has 0 bridgehead atoms. The third-order valence-corrected chi connectivity index (χ3v) is 9.63. The van der Waals surface area contributed by atoms with Gasteiger partial charge in [0.25, 0.3) is 5.91 Å². The lowest BCUT2D eigenvalue weighted by Gasteiger charge is -2.31. The summed E-state index contributed by atoms with van der Waals surface area (Å²) < 4.78 is 8.76. The van der Waals surface area contributed by atoms with E-state index in [1.54, 1.807) is 0 Å². The quantitative estimate of drug-likeness (QED) is 0.287. The van der Waals surface area contributed by atoms with Crippen LogP contribution in [0.25, 0.3) is 5.57 Å². The van der Waals surface area contributed by atoms with Crippen molar-refractivity contribution in [1.82, 2.24) is 15.2 Å². The number of carbonyl (C=O) groups excluding carboxylic acids is 2. The third-order valence-electron chi connectivity index (χ3n) is 9.63. The van der Waals surface area contributed by atoms with E-state index < -0.39 is 18.1 Å². The molecule has 3 aliphatic rings. The van der Waals surface area contributed by atoms with Gasteiger partial charge in [0.2, 0.25) is 5.91 Å². The van der Waals surface area contributed by atoms with Crippen LogP contribution in [0, 0.1) is 23.7 Å². The first kappa shape index (κ1) is 32.4. The number of hydrogen-bond donors (Lipinski definition) is 3. The molecule has 1 aromatic rings. The Bertz CT molecular complexity index is 1200. The molecule has 3 N–H and O–H groups in total. The second kappa shape index (κ2) is 13.0. The Labute approximate surface area is 253 Å². The van der Waals surface area contributed by atoms with Crippen LogP contribution in [0.15, 0.2) is 23.5 Å². The minimum Gasteiger partial charge on any atom is -0.498 e. The summed E-state index contributed by atoms with van der Waals surface area (Å²) in [5, 5.41) is 15.0. The molecule has 2 aliphatic carbocycles. The van der Waals surface area contributed by atoms with E-state index in [1.165, 1.54) is 62.5 Å². The van der Waals surface area contributed by atoms with E-state index in [1.807, 2.05) is 13.8 Å². The van der Waals surface area contributed by atoms with Crippen molar-refractivity contribution in [2.75, 3.05) is 19.8 Å². The summed E-state index contributed by atoms with van der Waals surface area (Å²) in [7, 11) is 0. The summed E-state index contributed by atoms with van der Waals surface area (Å²) in [5.74, 6) is 1.17. The molecule has 234 valence electrons. The van der Waals surface area contributed by atoms with Gasteiger partial charge in [0.05, 0.1) is 17.7 Å². The average Bonchev–Trinajstić information content (AvgIpc) is 3.61. The molecule has 0 atom stereocenters. The lowest BCUT2D eigenvalue weighted by molar-refractivity contribution is -0.125. The Balaban J connectivity index is 1.71. The first-order valence-electron chi connectivity index (χ1n) is 16.2. The average molecular weight is 582 g/mol. The first-order valence-corrected chi connectivity index (χ1v) is 16.2. The number of nitrogens with one attached hydrogen (secondary N) is 2. The summed E-state index contributed by atoms with van der Waals surface area (Å²) in [6, 6.07) is 2.08. The Hall–Kier alpha value is -2.54. The van der Waals surface area contributed by atoms with Crippen molar-refractivity contribution in [2.24, 2.45) is 16.7 Å². The Morgan fingerprint density at radius 1 is 1.12 bits per heavy atom. The normalized spacial score (nSPS) is 20.7. The van der Waals surface area contributed by atoms with Crippen LogP contribution >= 0.6 is 0 Å². The zero-order valence-corrected chi connectivity index (χ0v) is 27.3. The molecule has 1 aliphatic heterocycles. The van der Waals surface area contributed by atoms with E-state index in [2.05, 4.69) is 62.0 Å². The van der Waals surface area contributed by atoms with Crippen molar-refractivity contribution in [3.8, 4) is 0 Å². The van der Waals surface area contributed by atoms with Gasteiger partial charge in [-0.05, 0) is 99.3 Å². The number of amides is 2. The molecule has 2 heterocycles. The summed E-state index contributed by atoms with van der Waals surface area (Å²) in [5.41, 5.74) is 5.01. The van der Waals surface area contributed by atoms with Gasteiger partial charge in [-0.25, -0.2) is 0 Å². The van der Waals surface area contributed by atoms with Crippen molar-refractivity contribution < 1.29 is 19.4 Å². The Morgan fingerprint density at radius 2 is 1.81 bits per heavy atom. The van der Waals surface area contributed by atoms with Crippen LogP contribution in [0.4, 0.5) is 0 Å². The minimum atomic E-state index is -0.682. The zero-order chi connectivity index (χ0) is 30.7. The Morgan fingerprint density at radius 3 is 2.40 bits per heavy atom. The first-order chi connectivity index (χ1) is 19.8. The minimum absolute atomic E-state index is 0.0657. The van der Waals surface area contributed by atoms with E-state index >= 15 is 0 Å². The van der Waals surface area contributed by atoms with Crippen molar-refractivity contribution in [2.45, 2.75) is 125 Å². The molecule has 7 nitrogen and oxygen atoms in total. The van der Waals surface area contributed by atoms with Gasteiger partial charge < -0.3 is 25.0 Å². The van der Waals surface area contributed by atoms with Gasteiger partial charge in [-0.2, -0.15) is 0 Å². The number of aromatic nitrogens is 1. The lowest BCUT2D eigenvalue weighted by Crippen LogP contribution is -2.52. The standard InChI is InChI=1S/C35H55N3O4/c1-8-26(18-28(33(3,4)5)30-20-35(14-15-35)16-17-42-30)29-19-27(24(2)38(29)21-25-12-10-9-11-13-25)32(41)36-23-34(6,7)37-31(40)22-39/h18-19,25,39H,8-17,20-23H2,1-7H3,(H,36,41)(H,37,40)/b26-18+,30-28-. The summed E-state index contributed by atoms with van der Waals surface area (Å²) >= 11 is 0. The fourth-order valence-electron chi connectivity index (χ4n) is 6.76. The highest BCUT2D eigenvalue weighted by Crippen LogP contribution is 2.56. The predicted molar refractivity (Wildman–Crippen MR) is 169 cm³/mol. The molecule has 1 spiro atoms. The van der Waals surface area contributed by atoms with Gasteiger partial charge in [0.1, 0.15) is 12.4 Å². The van der Waals surface area contributed by atoms with Crippen LogP contribution < -0.4 is 10.6 Å². The number of nitrogens with zero attached hydrogens (tertiary/aromatic N) is 1. The fourth-order valence-corrected chi connectivity index (χ4v) is 6.76. The molecule has 4 rings (SSSR count). The molecule has 7 heteroatoms. The highest BCUT2D eigenvalue weighted by molar-refractivity contribution is 5.96. The number of aliphatic hydroxyl groups excluding tert-OH is 1. The predicted octanol–water partition coefficient (Wildman–Crippen LogP) is 6.68. The van der Waals surface area contributed by atoms with Crippen LogP contribution in [-0.4, -0.2) is 46.8 Å². The van der Waals surface area contributed by atoms with E-state index in [4.69, 9.17) is 9.84 Å². The maximum Gasteiger partial charge on any atom is 0.253 e. The van der Waals surface area contributed by atoms with Crippen molar-refractivity contribution in [1.29, 1.82) is 0 Å². The number of ether oxygens (including phenoxy) is 1. The second-order valence-corrected chi connectivity index (χ2v) is 14.8. The van der Waals surface area contributed by atoms with Gasteiger partial charge >= 0.3 is 0 Å². The number of allylic oxidation sites excluding steroid dienone is 4. The number of aliphatic hydroxyl groups is 1. The van der Waals surface area contributed by atoms with E-state index in [0.717, 1.165) is 43.1 Å². The van der Waals surface area contributed by atoms with Crippen LogP contribution in [0.1, 0.15) is 127 Å². The van der Waals surface area contributed by atoms with Gasteiger partial charge in [-0.3, -0.25) is 9.59 Å². The highest BCUT2D eigenvalue weighted by Gasteiger charge is 2.46. The summed E-state index contributed by atoms with van der Waals surface area (Å²) in [6.45, 7) is 16.2. The molecule has 1 aromatic heterocycles. The maximum absolute atomic E-state index is 13.6. The van der Waals surface area contributed by atoms with Gasteiger partial charge in [0.15, 0.2) is 0 Å². The third kappa shape index (κ3) is 7.89. The Kier molecular flexibility index (Phi) is 10.0. The molecule has 2 amide bonds. The largest absolute Gasteiger partial charge is 0.498 e. The van der Waals surface area contributed by atoms with E-state index in [9.17, 15) is 9.59 Å². The number of rotatable bonds is 10. The van der Waals surface area contributed by atoms with Crippen LogP contribution in [-0.2, 0) is 16.1 Å². The lowest BCUT2D eigenvalue weighted by atomic mass is 9.81. The van der Waals surface area contributed by atoms with E-state index in [-0.39, 0.29) is 17.9 Å². The van der Waals surface area contributed by atoms with Gasteiger partial charge in [0, 0.05) is 30.9 Å². The number of carbonyl (C=O) groups is 2. The molecule has 3 fully saturated rings. The molecule has 0 radical (unpaired) electrons. The molecule has 1 saturated heterocycles. The van der Waals surface area contributed by atoms with Crippen LogP contribution in [0.5, 0.6) is 0 Å². The van der Waals surface area contributed by atoms with Gasteiger partial charge in [-0.1, -0.05) is 47.0 Å². The van der Waals surface area contributed by atoms with E-state index in [0.29, 0.717) is 16.9 Å². The summed E-state index contributed by atoms with van der Waals surface area (Å²) in [4.78, 5) is 25.4. The maximum atomic E-state index is 13.6. The molecular weight excluding hydrogens is 526 g/mol. The topological polar surface area (TPSA) is 92.6 Å². The summed E-state index contributed by atoms with van der Waals surface area (Å²) in [6.07, 6.45) is 14.4. The molecule has 42 heavy (non-hydrogen) atoms. The van der Waals surface area contributed by atoms with Crippen molar-refractivity contribution in [3.05, 3.63) is 40.4 Å². The zero-order valence-electron chi connectivity index (χ0n) is 27.3. The molecule has 0 unspecified atom stereocenters. The van der Waals surface area contributed by atoms with Gasteiger partial charge in [-0.15, -0.1) is 0 Å².